The van der Waals surface area contributed by atoms with Gasteiger partial charge in [-0.3, -0.25) is 9.59 Å². The van der Waals surface area contributed by atoms with Gasteiger partial charge in [0.1, 0.15) is 5.75 Å². The number of ketones is 1. The number of hydrogen-bond donors (Lipinski definition) is 1. The fourth-order valence-electron chi connectivity index (χ4n) is 1.33. The molecular weight excluding hydrogens is 206 g/mol. The zero-order chi connectivity index (χ0) is 12.3. The van der Waals surface area contributed by atoms with Crippen molar-refractivity contribution in [3.63, 3.8) is 0 Å². The molecule has 16 heavy (non-hydrogen) atoms. The highest BCUT2D eigenvalue weighted by Crippen LogP contribution is 2.23. The Kier molecular flexibility index (Phi) is 3.66. The number of carbonyl (C=O) groups is 2. The minimum atomic E-state index is -0.562. The fourth-order valence-corrected chi connectivity index (χ4v) is 1.33. The van der Waals surface area contributed by atoms with Gasteiger partial charge in [0.05, 0.1) is 5.56 Å². The normalized spacial score (nSPS) is 9.94. The summed E-state index contributed by atoms with van der Waals surface area (Å²) in [6.07, 6.45) is 0. The molecule has 0 aromatic heterocycles. The van der Waals surface area contributed by atoms with E-state index < -0.39 is 5.91 Å². The summed E-state index contributed by atoms with van der Waals surface area (Å²) in [5, 5.41) is 0. The first kappa shape index (κ1) is 12.2. The van der Waals surface area contributed by atoms with Crippen LogP contribution in [-0.4, -0.2) is 18.3 Å². The van der Waals surface area contributed by atoms with Gasteiger partial charge in [0, 0.05) is 0 Å². The average Bonchev–Trinajstić information content (AvgIpc) is 2.18. The molecule has 86 valence electrons. The molecule has 0 aliphatic heterocycles. The smallest absolute Gasteiger partial charge is 0.255 e. The summed E-state index contributed by atoms with van der Waals surface area (Å²) in [6.45, 7) is 5.07. The Morgan fingerprint density at radius 2 is 1.81 bits per heavy atom. The van der Waals surface area contributed by atoms with Gasteiger partial charge in [0.2, 0.25) is 0 Å². The molecule has 4 nitrogen and oxygen atoms in total. The Morgan fingerprint density at radius 3 is 2.31 bits per heavy atom. The van der Waals surface area contributed by atoms with Gasteiger partial charge < -0.3 is 10.5 Å². The molecule has 0 radical (unpaired) electrons. The van der Waals surface area contributed by atoms with E-state index >= 15 is 0 Å². The summed E-state index contributed by atoms with van der Waals surface area (Å²) in [5.74, 6) is -0.246. The van der Waals surface area contributed by atoms with E-state index in [9.17, 15) is 9.59 Å². The predicted molar refractivity (Wildman–Crippen MR) is 60.6 cm³/mol. The van der Waals surface area contributed by atoms with Gasteiger partial charge in [-0.25, -0.2) is 0 Å². The quantitative estimate of drug-likeness (QED) is 0.781. The van der Waals surface area contributed by atoms with Gasteiger partial charge in [0.25, 0.3) is 5.91 Å². The lowest BCUT2D eigenvalue weighted by Crippen LogP contribution is -2.20. The van der Waals surface area contributed by atoms with E-state index in [-0.39, 0.29) is 12.4 Å². The number of primary amides is 1. The first-order valence-electron chi connectivity index (χ1n) is 4.95. The molecule has 1 rings (SSSR count). The second kappa shape index (κ2) is 4.79. The average molecular weight is 221 g/mol. The third-order valence-electron chi connectivity index (χ3n) is 2.35. The van der Waals surface area contributed by atoms with Gasteiger partial charge in [-0.2, -0.15) is 0 Å². The summed E-state index contributed by atoms with van der Waals surface area (Å²) >= 11 is 0. The van der Waals surface area contributed by atoms with Crippen molar-refractivity contribution in [1.82, 2.24) is 0 Å². The molecule has 4 heteroatoms. The summed E-state index contributed by atoms with van der Waals surface area (Å²) in [5.41, 5.74) is 7.48. The minimum Gasteiger partial charge on any atom is -0.483 e. The van der Waals surface area contributed by atoms with Crippen LogP contribution in [0.15, 0.2) is 12.1 Å². The molecule has 0 heterocycles. The Balaban J connectivity index is 3.09. The van der Waals surface area contributed by atoms with Crippen LogP contribution in [0, 0.1) is 13.8 Å². The van der Waals surface area contributed by atoms with Crippen molar-refractivity contribution >= 4 is 11.7 Å². The van der Waals surface area contributed by atoms with Crippen molar-refractivity contribution in [2.24, 2.45) is 5.73 Å². The van der Waals surface area contributed by atoms with E-state index in [1.165, 1.54) is 6.92 Å². The van der Waals surface area contributed by atoms with E-state index in [1.54, 1.807) is 12.1 Å². The zero-order valence-electron chi connectivity index (χ0n) is 9.66. The number of carbonyl (C=O) groups excluding carboxylic acids is 2. The molecule has 0 saturated heterocycles. The summed E-state index contributed by atoms with van der Waals surface area (Å²) in [7, 11) is 0. The number of ether oxygens (including phenoxy) is 1. The first-order valence-corrected chi connectivity index (χ1v) is 4.95. The molecule has 0 bridgehead atoms. The highest BCUT2D eigenvalue weighted by atomic mass is 16.5. The van der Waals surface area contributed by atoms with Gasteiger partial charge >= 0.3 is 0 Å². The number of amides is 1. The van der Waals surface area contributed by atoms with Gasteiger partial charge in [-0.15, -0.1) is 0 Å². The van der Waals surface area contributed by atoms with Crippen LogP contribution in [0.25, 0.3) is 0 Å². The van der Waals surface area contributed by atoms with Crippen LogP contribution in [0.3, 0.4) is 0 Å². The van der Waals surface area contributed by atoms with E-state index in [4.69, 9.17) is 10.5 Å². The lowest BCUT2D eigenvalue weighted by molar-refractivity contribution is -0.119. The van der Waals surface area contributed by atoms with Gasteiger partial charge in [-0.05, 0) is 44.0 Å². The summed E-state index contributed by atoms with van der Waals surface area (Å²) in [6, 6.07) is 3.50. The van der Waals surface area contributed by atoms with Crippen molar-refractivity contribution in [2.75, 3.05) is 6.61 Å². The maximum atomic E-state index is 11.4. The second-order valence-corrected chi connectivity index (χ2v) is 3.74. The summed E-state index contributed by atoms with van der Waals surface area (Å²) < 4.78 is 5.20. The lowest BCUT2D eigenvalue weighted by atomic mass is 10.0. The van der Waals surface area contributed by atoms with E-state index in [1.807, 2.05) is 13.8 Å². The van der Waals surface area contributed by atoms with Crippen LogP contribution >= 0.6 is 0 Å². The number of rotatable bonds is 4. The van der Waals surface area contributed by atoms with Crippen LogP contribution in [0.1, 0.15) is 28.4 Å². The van der Waals surface area contributed by atoms with Crippen molar-refractivity contribution in [3.05, 3.63) is 28.8 Å². The Bertz CT molecular complexity index is 438. The molecule has 1 aromatic carbocycles. The number of nitrogens with two attached hydrogens (primary N) is 1. The highest BCUT2D eigenvalue weighted by Gasteiger charge is 2.11. The molecular formula is C12H15NO3. The van der Waals surface area contributed by atoms with Crippen LogP contribution in [0.5, 0.6) is 5.75 Å². The topological polar surface area (TPSA) is 69.4 Å². The first-order chi connectivity index (χ1) is 7.41. The van der Waals surface area contributed by atoms with Crippen molar-refractivity contribution in [1.29, 1.82) is 0 Å². The number of hydrogen-bond acceptors (Lipinski definition) is 3. The van der Waals surface area contributed by atoms with Gasteiger partial charge in [0.15, 0.2) is 12.4 Å². The van der Waals surface area contributed by atoms with Crippen LogP contribution in [0.4, 0.5) is 0 Å². The number of aryl methyl sites for hydroxylation is 2. The molecule has 0 fully saturated rings. The molecule has 0 aliphatic carbocycles. The van der Waals surface area contributed by atoms with Crippen LogP contribution in [0.2, 0.25) is 0 Å². The number of Topliss-reactive ketones (excluding diaryl/α,β-unsaturated/α-hetero) is 1. The Hall–Kier alpha value is -1.84. The molecule has 0 spiro atoms. The highest BCUT2D eigenvalue weighted by molar-refractivity contribution is 5.97. The van der Waals surface area contributed by atoms with Crippen molar-refractivity contribution < 1.29 is 14.3 Å². The van der Waals surface area contributed by atoms with E-state index in [0.717, 1.165) is 11.1 Å². The monoisotopic (exact) mass is 221 g/mol. The zero-order valence-corrected chi connectivity index (χ0v) is 9.66. The molecule has 2 N–H and O–H groups in total. The van der Waals surface area contributed by atoms with Crippen LogP contribution < -0.4 is 10.5 Å². The molecule has 1 aromatic rings. The molecule has 0 aliphatic rings. The fraction of sp³-hybridized carbons (Fsp3) is 0.333. The van der Waals surface area contributed by atoms with E-state index in [0.29, 0.717) is 11.3 Å². The standard InChI is InChI=1S/C12H15NO3/c1-7-4-10(9(3)14)11(5-8(7)2)16-6-12(13)15/h4-5H,6H2,1-3H3,(H2,13,15). The maximum absolute atomic E-state index is 11.4. The SMILES string of the molecule is CC(=O)c1cc(C)c(C)cc1OCC(N)=O. The minimum absolute atomic E-state index is 0.0948. The Labute approximate surface area is 94.4 Å². The molecule has 0 atom stereocenters. The van der Waals surface area contributed by atoms with Crippen LogP contribution in [-0.2, 0) is 4.79 Å². The second-order valence-electron chi connectivity index (χ2n) is 3.74. The summed E-state index contributed by atoms with van der Waals surface area (Å²) in [4.78, 5) is 22.0. The maximum Gasteiger partial charge on any atom is 0.255 e. The lowest BCUT2D eigenvalue weighted by Gasteiger charge is -2.11. The molecule has 0 saturated carbocycles. The largest absolute Gasteiger partial charge is 0.483 e. The molecule has 0 unspecified atom stereocenters. The van der Waals surface area contributed by atoms with Gasteiger partial charge in [-0.1, -0.05) is 0 Å². The third-order valence-corrected chi connectivity index (χ3v) is 2.35. The number of benzene rings is 1. The van der Waals surface area contributed by atoms with Crippen molar-refractivity contribution in [3.8, 4) is 5.75 Å². The Morgan fingerprint density at radius 1 is 1.25 bits per heavy atom. The van der Waals surface area contributed by atoms with Crippen molar-refractivity contribution in [2.45, 2.75) is 20.8 Å². The third kappa shape index (κ3) is 2.82. The predicted octanol–water partition coefficient (Wildman–Crippen LogP) is 1.37. The molecule has 1 amide bonds. The van der Waals surface area contributed by atoms with E-state index in [2.05, 4.69) is 0 Å².